The van der Waals surface area contributed by atoms with Gasteiger partial charge in [-0.3, -0.25) is 14.5 Å². The van der Waals surface area contributed by atoms with Crippen LogP contribution in [-0.4, -0.2) is 46.7 Å². The molecule has 42 heavy (non-hydrogen) atoms. The number of aliphatic hydroxyl groups excluding tert-OH is 1. The Kier molecular flexibility index (Phi) is 10.2. The van der Waals surface area contributed by atoms with Crippen molar-refractivity contribution in [3.8, 4) is 5.75 Å². The molecule has 0 radical (unpaired) electrons. The Hall–Kier alpha value is -4.31. The van der Waals surface area contributed by atoms with E-state index in [1.807, 2.05) is 56.1 Å². The van der Waals surface area contributed by atoms with Gasteiger partial charge in [0, 0.05) is 23.1 Å². The van der Waals surface area contributed by atoms with Crippen LogP contribution in [0.5, 0.6) is 5.75 Å². The number of aryl methyl sites for hydroxylation is 2. The number of nitrogens with zero attached hydrogens (tertiary/aromatic N) is 2. The molecule has 0 aliphatic heterocycles. The highest BCUT2D eigenvalue weighted by atomic mass is 79.9. The summed E-state index contributed by atoms with van der Waals surface area (Å²) in [5, 5.41) is 26.9. The van der Waals surface area contributed by atoms with Crippen molar-refractivity contribution in [2.45, 2.75) is 26.5 Å². The van der Waals surface area contributed by atoms with Crippen LogP contribution in [0.3, 0.4) is 0 Å². The van der Waals surface area contributed by atoms with E-state index in [2.05, 4.69) is 31.8 Å². The summed E-state index contributed by atoms with van der Waals surface area (Å²) in [4.78, 5) is 28.0. The summed E-state index contributed by atoms with van der Waals surface area (Å²) in [5.41, 5.74) is 8.46. The fraction of sp³-hybridized carbons (Fsp3) is 0.182. The van der Waals surface area contributed by atoms with Gasteiger partial charge < -0.3 is 15.5 Å². The maximum Gasteiger partial charge on any atom is 0.273 e. The molecular formula is C33H33BrN4O4. The number of hydrogen-bond donors (Lipinski definition) is 4. The minimum atomic E-state index is -0.699. The molecule has 2 amide bonds. The number of carbonyl (C=O) groups excluding carboxylic acids is 2. The summed E-state index contributed by atoms with van der Waals surface area (Å²) in [5.74, 6) is -0.659. The van der Waals surface area contributed by atoms with Crippen molar-refractivity contribution in [2.75, 3.05) is 18.9 Å². The fourth-order valence-corrected chi connectivity index (χ4v) is 4.67. The summed E-state index contributed by atoms with van der Waals surface area (Å²) >= 11 is 3.39. The van der Waals surface area contributed by atoms with Crippen LogP contribution in [0.1, 0.15) is 54.6 Å². The van der Waals surface area contributed by atoms with E-state index in [1.54, 1.807) is 60.8 Å². The maximum atomic E-state index is 13.0. The number of anilines is 1. The normalized spacial score (nSPS) is 12.0. The molecular weight excluding hydrogens is 596 g/mol. The third-order valence-electron chi connectivity index (χ3n) is 6.82. The molecule has 0 spiro atoms. The SMILES string of the molecule is Cc1ccc(C=NNC(=O)c2cc(Br)ccc2NC(=O)c2ccc(CN(C)CC(O)c3ccc(O)cc3)cc2)cc1C. The first kappa shape index (κ1) is 30.6. The highest BCUT2D eigenvalue weighted by Crippen LogP contribution is 2.23. The Balaban J connectivity index is 1.36. The average Bonchev–Trinajstić information content (AvgIpc) is 2.96. The van der Waals surface area contributed by atoms with Gasteiger partial charge in [0.1, 0.15) is 5.75 Å². The molecule has 0 heterocycles. The van der Waals surface area contributed by atoms with Crippen molar-refractivity contribution >= 4 is 39.6 Å². The summed E-state index contributed by atoms with van der Waals surface area (Å²) in [6.45, 7) is 5.01. The molecule has 216 valence electrons. The van der Waals surface area contributed by atoms with E-state index >= 15 is 0 Å². The Morgan fingerprint density at radius 3 is 2.33 bits per heavy atom. The van der Waals surface area contributed by atoms with Crippen LogP contribution < -0.4 is 10.7 Å². The van der Waals surface area contributed by atoms with Gasteiger partial charge in [-0.25, -0.2) is 5.43 Å². The number of likely N-dealkylation sites (N-methyl/N-ethyl adjacent to an activating group) is 1. The smallest absolute Gasteiger partial charge is 0.273 e. The number of hydrazone groups is 1. The van der Waals surface area contributed by atoms with Crippen LogP contribution in [0, 0.1) is 13.8 Å². The Labute approximate surface area is 253 Å². The van der Waals surface area contributed by atoms with Crippen LogP contribution in [0.2, 0.25) is 0 Å². The second kappa shape index (κ2) is 14.0. The van der Waals surface area contributed by atoms with E-state index in [-0.39, 0.29) is 17.2 Å². The standard InChI is InChI=1S/C33H33BrN4O4/c1-21-4-5-24(16-22(21)2)18-35-37-33(42)29-17-27(34)12-15-30(29)36-32(41)26-8-6-23(7-9-26)19-38(3)20-31(40)25-10-13-28(39)14-11-25/h4-18,31,39-40H,19-20H2,1-3H3,(H,36,41)(H,37,42). The number of aliphatic hydroxyl groups is 1. The molecule has 4 aromatic carbocycles. The van der Waals surface area contributed by atoms with Crippen LogP contribution in [0.15, 0.2) is 94.5 Å². The van der Waals surface area contributed by atoms with Gasteiger partial charge in [0.05, 0.1) is 23.6 Å². The van der Waals surface area contributed by atoms with Gasteiger partial charge >= 0.3 is 0 Å². The van der Waals surface area contributed by atoms with E-state index in [0.29, 0.717) is 28.8 Å². The first-order chi connectivity index (χ1) is 20.1. The lowest BCUT2D eigenvalue weighted by molar-refractivity contribution is 0.0956. The first-order valence-corrected chi connectivity index (χ1v) is 14.1. The molecule has 0 saturated carbocycles. The minimum Gasteiger partial charge on any atom is -0.508 e. The fourth-order valence-electron chi connectivity index (χ4n) is 4.31. The van der Waals surface area contributed by atoms with Crippen molar-refractivity contribution in [1.29, 1.82) is 0 Å². The number of phenols is 1. The number of carbonyl (C=O) groups is 2. The highest BCUT2D eigenvalue weighted by molar-refractivity contribution is 9.10. The number of hydrogen-bond acceptors (Lipinski definition) is 6. The molecule has 0 aromatic heterocycles. The van der Waals surface area contributed by atoms with Gasteiger partial charge in [-0.15, -0.1) is 0 Å². The van der Waals surface area contributed by atoms with Gasteiger partial charge in [0.15, 0.2) is 0 Å². The number of rotatable bonds is 10. The lowest BCUT2D eigenvalue weighted by atomic mass is 10.1. The zero-order valence-corrected chi connectivity index (χ0v) is 25.2. The first-order valence-electron chi connectivity index (χ1n) is 13.3. The quantitative estimate of drug-likeness (QED) is 0.128. The predicted molar refractivity (Wildman–Crippen MR) is 169 cm³/mol. The third-order valence-corrected chi connectivity index (χ3v) is 7.31. The number of nitrogens with one attached hydrogen (secondary N) is 2. The number of phenolic OH excluding ortho intramolecular Hbond substituents is 1. The monoisotopic (exact) mass is 628 g/mol. The number of amides is 2. The molecule has 8 nitrogen and oxygen atoms in total. The summed E-state index contributed by atoms with van der Waals surface area (Å²) < 4.78 is 0.688. The molecule has 0 aliphatic carbocycles. The van der Waals surface area contributed by atoms with Gasteiger partial charge in [-0.2, -0.15) is 5.10 Å². The van der Waals surface area contributed by atoms with Crippen molar-refractivity contribution in [3.63, 3.8) is 0 Å². The largest absolute Gasteiger partial charge is 0.508 e. The van der Waals surface area contributed by atoms with Crippen LogP contribution in [0.25, 0.3) is 0 Å². The van der Waals surface area contributed by atoms with Gasteiger partial charge in [-0.1, -0.05) is 58.4 Å². The molecule has 1 unspecified atom stereocenters. The van der Waals surface area contributed by atoms with Crippen LogP contribution >= 0.6 is 15.9 Å². The van der Waals surface area contributed by atoms with Crippen molar-refractivity contribution in [3.05, 3.63) is 128 Å². The zero-order chi connectivity index (χ0) is 30.2. The molecule has 4 aromatic rings. The molecule has 0 aliphatic rings. The van der Waals surface area contributed by atoms with Crippen LogP contribution in [0.4, 0.5) is 5.69 Å². The van der Waals surface area contributed by atoms with Crippen LogP contribution in [-0.2, 0) is 6.54 Å². The van der Waals surface area contributed by atoms with Gasteiger partial charge in [0.2, 0.25) is 0 Å². The molecule has 4 N–H and O–H groups in total. The van der Waals surface area contributed by atoms with E-state index in [9.17, 15) is 19.8 Å². The molecule has 9 heteroatoms. The Morgan fingerprint density at radius 2 is 1.64 bits per heavy atom. The maximum absolute atomic E-state index is 13.0. The zero-order valence-electron chi connectivity index (χ0n) is 23.6. The Bertz CT molecular complexity index is 1590. The van der Waals surface area contributed by atoms with E-state index < -0.39 is 12.0 Å². The molecule has 0 saturated heterocycles. The van der Waals surface area contributed by atoms with Crippen molar-refractivity contribution in [2.24, 2.45) is 5.10 Å². The number of aromatic hydroxyl groups is 1. The van der Waals surface area contributed by atoms with Crippen molar-refractivity contribution < 1.29 is 19.8 Å². The number of halogens is 1. The van der Waals surface area contributed by atoms with E-state index in [4.69, 9.17) is 0 Å². The molecule has 4 rings (SSSR count). The summed E-state index contributed by atoms with van der Waals surface area (Å²) in [6, 6.07) is 24.6. The number of benzene rings is 4. The van der Waals surface area contributed by atoms with Gasteiger partial charge in [0.25, 0.3) is 11.8 Å². The van der Waals surface area contributed by atoms with E-state index in [0.717, 1.165) is 22.3 Å². The molecule has 0 fully saturated rings. The van der Waals surface area contributed by atoms with E-state index in [1.165, 1.54) is 5.56 Å². The predicted octanol–water partition coefficient (Wildman–Crippen LogP) is 5.95. The Morgan fingerprint density at radius 1 is 0.929 bits per heavy atom. The summed E-state index contributed by atoms with van der Waals surface area (Å²) in [7, 11) is 1.90. The molecule has 0 bridgehead atoms. The molecule has 1 atom stereocenters. The highest BCUT2D eigenvalue weighted by Gasteiger charge is 2.16. The topological polar surface area (TPSA) is 114 Å². The van der Waals surface area contributed by atoms with Crippen molar-refractivity contribution in [1.82, 2.24) is 10.3 Å². The summed E-state index contributed by atoms with van der Waals surface area (Å²) in [6.07, 6.45) is 0.878. The third kappa shape index (κ3) is 8.36. The van der Waals surface area contributed by atoms with Gasteiger partial charge in [-0.05, 0) is 91.2 Å². The lowest BCUT2D eigenvalue weighted by Crippen LogP contribution is -2.24. The minimum absolute atomic E-state index is 0.154. The second-order valence-corrected chi connectivity index (χ2v) is 11.1. The second-order valence-electron chi connectivity index (χ2n) is 10.2. The average molecular weight is 630 g/mol. The lowest BCUT2D eigenvalue weighted by Gasteiger charge is -2.21.